The topological polar surface area (TPSA) is 46.3 Å². The molecule has 1 amide bonds. The number of carbonyl (C=O) groups is 1. The average Bonchev–Trinajstić information content (AvgIpc) is 2.48. The number of nitrogens with zero attached hydrogens (tertiary/aromatic N) is 1. The minimum atomic E-state index is -0.725. The van der Waals surface area contributed by atoms with E-state index in [0.29, 0.717) is 18.8 Å². The van der Waals surface area contributed by atoms with Crippen LogP contribution in [0.1, 0.15) is 22.8 Å². The molecule has 0 aliphatic heterocycles. The molecule has 5 heteroatoms. The minimum Gasteiger partial charge on any atom is -0.399 e. The average molecular weight is 290 g/mol. The largest absolute Gasteiger partial charge is 0.399 e. The van der Waals surface area contributed by atoms with E-state index in [2.05, 4.69) is 0 Å². The Kier molecular flexibility index (Phi) is 4.52. The minimum absolute atomic E-state index is 0.257. The number of benzene rings is 2. The third-order valence-electron chi connectivity index (χ3n) is 3.18. The van der Waals surface area contributed by atoms with E-state index in [0.717, 1.165) is 23.8 Å². The summed E-state index contributed by atoms with van der Waals surface area (Å²) in [6.07, 6.45) is 0. The van der Waals surface area contributed by atoms with Crippen molar-refractivity contribution in [2.24, 2.45) is 0 Å². The summed E-state index contributed by atoms with van der Waals surface area (Å²) < 4.78 is 26.9. The first kappa shape index (κ1) is 15.0. The van der Waals surface area contributed by atoms with Crippen LogP contribution in [-0.2, 0) is 6.54 Å². The fraction of sp³-hybridized carbons (Fsp3) is 0.188. The van der Waals surface area contributed by atoms with Crippen molar-refractivity contribution in [2.45, 2.75) is 13.5 Å². The Morgan fingerprint density at radius 3 is 2.43 bits per heavy atom. The molecule has 0 aliphatic carbocycles. The molecule has 0 saturated heterocycles. The molecule has 0 unspecified atom stereocenters. The Bertz CT molecular complexity index is 641. The first-order chi connectivity index (χ1) is 10.0. The van der Waals surface area contributed by atoms with Crippen LogP contribution >= 0.6 is 0 Å². The van der Waals surface area contributed by atoms with Gasteiger partial charge in [-0.3, -0.25) is 4.79 Å². The van der Waals surface area contributed by atoms with Gasteiger partial charge in [-0.15, -0.1) is 0 Å². The smallest absolute Gasteiger partial charge is 0.257 e. The van der Waals surface area contributed by atoms with Crippen LogP contribution in [0.15, 0.2) is 42.5 Å². The first-order valence-corrected chi connectivity index (χ1v) is 6.60. The predicted molar refractivity (Wildman–Crippen MR) is 77.6 cm³/mol. The van der Waals surface area contributed by atoms with E-state index in [1.54, 1.807) is 31.2 Å². The normalized spacial score (nSPS) is 10.4. The van der Waals surface area contributed by atoms with E-state index in [9.17, 15) is 13.6 Å². The third kappa shape index (κ3) is 3.56. The van der Waals surface area contributed by atoms with Gasteiger partial charge in [-0.2, -0.15) is 0 Å². The summed E-state index contributed by atoms with van der Waals surface area (Å²) in [6.45, 7) is 2.48. The highest BCUT2D eigenvalue weighted by atomic mass is 19.1. The van der Waals surface area contributed by atoms with Crippen LogP contribution in [0.4, 0.5) is 14.5 Å². The second kappa shape index (κ2) is 6.35. The molecule has 2 N–H and O–H groups in total. The highest BCUT2D eigenvalue weighted by Gasteiger charge is 2.19. The molecule has 2 aromatic rings. The maximum absolute atomic E-state index is 13.7. The Labute approximate surface area is 122 Å². The molecular formula is C16H16F2N2O. The summed E-state index contributed by atoms with van der Waals surface area (Å²) in [4.78, 5) is 13.8. The highest BCUT2D eigenvalue weighted by molar-refractivity contribution is 5.94. The summed E-state index contributed by atoms with van der Waals surface area (Å²) in [5.41, 5.74) is 6.85. The molecule has 2 aromatic carbocycles. The van der Waals surface area contributed by atoms with Crippen molar-refractivity contribution in [2.75, 3.05) is 12.3 Å². The van der Waals surface area contributed by atoms with Crippen LogP contribution in [0.25, 0.3) is 0 Å². The fourth-order valence-corrected chi connectivity index (χ4v) is 2.00. The molecule has 0 aromatic heterocycles. The van der Waals surface area contributed by atoms with E-state index in [4.69, 9.17) is 5.73 Å². The monoisotopic (exact) mass is 290 g/mol. The number of hydrogen-bond acceptors (Lipinski definition) is 2. The van der Waals surface area contributed by atoms with Gasteiger partial charge in [0.15, 0.2) is 0 Å². The molecule has 0 spiro atoms. The van der Waals surface area contributed by atoms with Gasteiger partial charge < -0.3 is 10.6 Å². The van der Waals surface area contributed by atoms with E-state index in [1.807, 2.05) is 0 Å². The van der Waals surface area contributed by atoms with Crippen molar-refractivity contribution in [1.82, 2.24) is 4.90 Å². The Morgan fingerprint density at radius 1 is 1.14 bits per heavy atom. The number of halogens is 2. The standard InChI is InChI=1S/C16H16F2N2O/c1-2-20(10-11-3-6-13(19)7-4-11)16(21)14-9-12(17)5-8-15(14)18/h3-9H,2,10,19H2,1H3. The van der Waals surface area contributed by atoms with Gasteiger partial charge >= 0.3 is 0 Å². The molecule has 0 heterocycles. The molecule has 0 aliphatic rings. The lowest BCUT2D eigenvalue weighted by Gasteiger charge is -2.21. The van der Waals surface area contributed by atoms with E-state index in [1.165, 1.54) is 4.90 Å². The van der Waals surface area contributed by atoms with Crippen molar-refractivity contribution in [1.29, 1.82) is 0 Å². The van der Waals surface area contributed by atoms with Gasteiger partial charge in [0.05, 0.1) is 5.56 Å². The number of anilines is 1. The fourth-order valence-electron chi connectivity index (χ4n) is 2.00. The second-order valence-corrected chi connectivity index (χ2v) is 4.69. The molecule has 0 bridgehead atoms. The van der Waals surface area contributed by atoms with Crippen LogP contribution in [0, 0.1) is 11.6 Å². The van der Waals surface area contributed by atoms with E-state index in [-0.39, 0.29) is 5.56 Å². The molecule has 0 radical (unpaired) electrons. The van der Waals surface area contributed by atoms with E-state index < -0.39 is 17.5 Å². The van der Waals surface area contributed by atoms with Crippen molar-refractivity contribution >= 4 is 11.6 Å². The number of nitrogen functional groups attached to an aromatic ring is 1. The Hall–Kier alpha value is -2.43. The van der Waals surface area contributed by atoms with Gasteiger partial charge in [-0.05, 0) is 42.8 Å². The zero-order valence-corrected chi connectivity index (χ0v) is 11.6. The van der Waals surface area contributed by atoms with Crippen LogP contribution in [0.5, 0.6) is 0 Å². The quantitative estimate of drug-likeness (QED) is 0.879. The third-order valence-corrected chi connectivity index (χ3v) is 3.18. The molecule has 3 nitrogen and oxygen atoms in total. The summed E-state index contributed by atoms with van der Waals surface area (Å²) in [5, 5.41) is 0. The number of hydrogen-bond donors (Lipinski definition) is 1. The molecule has 2 rings (SSSR count). The number of amides is 1. The van der Waals surface area contributed by atoms with Crippen molar-refractivity contribution in [3.8, 4) is 0 Å². The molecule has 0 fully saturated rings. The van der Waals surface area contributed by atoms with Gasteiger partial charge in [-0.25, -0.2) is 8.78 Å². The second-order valence-electron chi connectivity index (χ2n) is 4.69. The highest BCUT2D eigenvalue weighted by Crippen LogP contribution is 2.15. The van der Waals surface area contributed by atoms with Gasteiger partial charge in [0, 0.05) is 18.8 Å². The van der Waals surface area contributed by atoms with Crippen LogP contribution in [-0.4, -0.2) is 17.4 Å². The van der Waals surface area contributed by atoms with Crippen LogP contribution < -0.4 is 5.73 Å². The van der Waals surface area contributed by atoms with Crippen molar-refractivity contribution in [3.63, 3.8) is 0 Å². The predicted octanol–water partition coefficient (Wildman–Crippen LogP) is 3.21. The lowest BCUT2D eigenvalue weighted by Crippen LogP contribution is -2.31. The van der Waals surface area contributed by atoms with Gasteiger partial charge in [0.25, 0.3) is 5.91 Å². The van der Waals surface area contributed by atoms with Gasteiger partial charge in [0.1, 0.15) is 11.6 Å². The lowest BCUT2D eigenvalue weighted by molar-refractivity contribution is 0.0747. The van der Waals surface area contributed by atoms with Crippen molar-refractivity contribution in [3.05, 3.63) is 65.2 Å². The summed E-state index contributed by atoms with van der Waals surface area (Å²) >= 11 is 0. The number of nitrogens with two attached hydrogens (primary N) is 1. The SMILES string of the molecule is CCN(Cc1ccc(N)cc1)C(=O)c1cc(F)ccc1F. The molecule has 21 heavy (non-hydrogen) atoms. The zero-order chi connectivity index (χ0) is 15.4. The lowest BCUT2D eigenvalue weighted by atomic mass is 10.1. The van der Waals surface area contributed by atoms with Crippen LogP contribution in [0.3, 0.4) is 0 Å². The molecule has 110 valence electrons. The summed E-state index contributed by atoms with van der Waals surface area (Å²) in [5.74, 6) is -1.90. The van der Waals surface area contributed by atoms with Crippen molar-refractivity contribution < 1.29 is 13.6 Å². The Morgan fingerprint density at radius 2 is 1.81 bits per heavy atom. The van der Waals surface area contributed by atoms with Gasteiger partial charge in [0.2, 0.25) is 0 Å². The Balaban J connectivity index is 2.22. The maximum Gasteiger partial charge on any atom is 0.257 e. The molecular weight excluding hydrogens is 274 g/mol. The zero-order valence-electron chi connectivity index (χ0n) is 11.6. The maximum atomic E-state index is 13.7. The number of rotatable bonds is 4. The molecule has 0 saturated carbocycles. The van der Waals surface area contributed by atoms with E-state index >= 15 is 0 Å². The van der Waals surface area contributed by atoms with Gasteiger partial charge in [-0.1, -0.05) is 12.1 Å². The number of carbonyl (C=O) groups excluding carboxylic acids is 1. The molecule has 0 atom stereocenters. The summed E-state index contributed by atoms with van der Waals surface area (Å²) in [6, 6.07) is 9.93. The first-order valence-electron chi connectivity index (χ1n) is 6.60. The summed E-state index contributed by atoms with van der Waals surface area (Å²) in [7, 11) is 0. The van der Waals surface area contributed by atoms with Crippen LogP contribution in [0.2, 0.25) is 0 Å².